The van der Waals surface area contributed by atoms with Crippen molar-refractivity contribution in [2.75, 3.05) is 25.3 Å². The van der Waals surface area contributed by atoms with Gasteiger partial charge < -0.3 is 14.8 Å². The molecule has 0 aromatic heterocycles. The fraction of sp³-hybridized carbons (Fsp3) is 0.235. The lowest BCUT2D eigenvalue weighted by Gasteiger charge is -2.10. The van der Waals surface area contributed by atoms with Crippen LogP contribution in [0.25, 0.3) is 0 Å². The van der Waals surface area contributed by atoms with Crippen LogP contribution in [-0.4, -0.2) is 30.1 Å². The van der Waals surface area contributed by atoms with E-state index >= 15 is 0 Å². The van der Waals surface area contributed by atoms with E-state index in [0.717, 1.165) is 4.90 Å². The molecule has 23 heavy (non-hydrogen) atoms. The van der Waals surface area contributed by atoms with E-state index < -0.39 is 10.8 Å². The molecule has 1 unspecified atom stereocenters. The number of methoxy groups -OCH3 is 2. The normalized spacial score (nSPS) is 11.6. The van der Waals surface area contributed by atoms with Crippen molar-refractivity contribution in [3.05, 3.63) is 48.5 Å². The van der Waals surface area contributed by atoms with Gasteiger partial charge in [0.05, 0.1) is 25.0 Å². The highest BCUT2D eigenvalue weighted by molar-refractivity contribution is 7.85. The Hall–Kier alpha value is -2.34. The Morgan fingerprint density at radius 3 is 2.39 bits per heavy atom. The monoisotopic (exact) mass is 333 g/mol. The summed E-state index contributed by atoms with van der Waals surface area (Å²) in [6, 6.07) is 14.2. The third kappa shape index (κ3) is 4.82. The molecular weight excluding hydrogens is 314 g/mol. The lowest BCUT2D eigenvalue weighted by atomic mass is 10.2. The second-order valence-electron chi connectivity index (χ2n) is 4.73. The Morgan fingerprint density at radius 2 is 1.74 bits per heavy atom. The predicted molar refractivity (Wildman–Crippen MR) is 90.5 cm³/mol. The highest BCUT2D eigenvalue weighted by atomic mass is 32.2. The number of ether oxygens (including phenoxy) is 2. The molecule has 0 heterocycles. The van der Waals surface area contributed by atoms with Gasteiger partial charge in [0.25, 0.3) is 0 Å². The van der Waals surface area contributed by atoms with Gasteiger partial charge in [-0.2, -0.15) is 0 Å². The lowest BCUT2D eigenvalue weighted by molar-refractivity contribution is -0.115. The van der Waals surface area contributed by atoms with Crippen LogP contribution >= 0.6 is 0 Å². The van der Waals surface area contributed by atoms with Crippen LogP contribution in [0.1, 0.15) is 6.42 Å². The van der Waals surface area contributed by atoms with E-state index in [1.165, 1.54) is 7.11 Å². The molecule has 122 valence electrons. The summed E-state index contributed by atoms with van der Waals surface area (Å²) in [5, 5.41) is 2.77. The molecule has 0 aliphatic carbocycles. The van der Waals surface area contributed by atoms with Crippen LogP contribution < -0.4 is 14.8 Å². The van der Waals surface area contributed by atoms with Gasteiger partial charge in [-0.3, -0.25) is 9.00 Å². The van der Waals surface area contributed by atoms with E-state index in [0.29, 0.717) is 17.2 Å². The van der Waals surface area contributed by atoms with Crippen LogP contribution in [0.2, 0.25) is 0 Å². The molecule has 0 aliphatic rings. The predicted octanol–water partition coefficient (Wildman–Crippen LogP) is 2.84. The van der Waals surface area contributed by atoms with Crippen LogP contribution in [0.4, 0.5) is 5.69 Å². The minimum Gasteiger partial charge on any atom is -0.493 e. The van der Waals surface area contributed by atoms with E-state index in [4.69, 9.17) is 9.47 Å². The van der Waals surface area contributed by atoms with Crippen molar-refractivity contribution in [2.24, 2.45) is 0 Å². The minimum absolute atomic E-state index is 0.176. The summed E-state index contributed by atoms with van der Waals surface area (Å²) in [5.74, 6) is 1.22. The fourth-order valence-corrected chi connectivity index (χ4v) is 3.08. The smallest absolute Gasteiger partial charge is 0.225 e. The topological polar surface area (TPSA) is 64.6 Å². The second kappa shape index (κ2) is 8.33. The molecule has 1 amide bonds. The largest absolute Gasteiger partial charge is 0.493 e. The number of nitrogens with one attached hydrogen (secondary N) is 1. The molecule has 1 N–H and O–H groups in total. The van der Waals surface area contributed by atoms with Crippen molar-refractivity contribution in [1.29, 1.82) is 0 Å². The number of hydrogen-bond donors (Lipinski definition) is 1. The van der Waals surface area contributed by atoms with Crippen molar-refractivity contribution in [3.8, 4) is 11.5 Å². The second-order valence-corrected chi connectivity index (χ2v) is 6.30. The highest BCUT2D eigenvalue weighted by Crippen LogP contribution is 2.29. The molecule has 2 rings (SSSR count). The summed E-state index contributed by atoms with van der Waals surface area (Å²) in [5.41, 5.74) is 0.609. The molecule has 0 aliphatic heterocycles. The third-order valence-electron chi connectivity index (χ3n) is 3.19. The number of amides is 1. The average molecular weight is 333 g/mol. The molecule has 0 bridgehead atoms. The maximum absolute atomic E-state index is 12.1. The van der Waals surface area contributed by atoms with Gasteiger partial charge in [-0.15, -0.1) is 0 Å². The van der Waals surface area contributed by atoms with Crippen LogP contribution in [0.5, 0.6) is 11.5 Å². The van der Waals surface area contributed by atoms with E-state index in [9.17, 15) is 9.00 Å². The van der Waals surface area contributed by atoms with Crippen LogP contribution in [0.15, 0.2) is 53.4 Å². The van der Waals surface area contributed by atoms with Crippen molar-refractivity contribution >= 4 is 22.4 Å². The number of hydrogen-bond acceptors (Lipinski definition) is 4. The van der Waals surface area contributed by atoms with Crippen LogP contribution in [-0.2, 0) is 15.6 Å². The molecule has 2 aromatic carbocycles. The Labute approximate surface area is 138 Å². The van der Waals surface area contributed by atoms with Gasteiger partial charge in [0, 0.05) is 28.8 Å². The van der Waals surface area contributed by atoms with Crippen molar-refractivity contribution < 1.29 is 18.5 Å². The van der Waals surface area contributed by atoms with Gasteiger partial charge in [-0.05, 0) is 24.3 Å². The first kappa shape index (κ1) is 17.0. The summed E-state index contributed by atoms with van der Waals surface area (Å²) >= 11 is 0. The van der Waals surface area contributed by atoms with Gasteiger partial charge in [-0.1, -0.05) is 18.2 Å². The number of carbonyl (C=O) groups is 1. The Morgan fingerprint density at radius 1 is 1.04 bits per heavy atom. The summed E-state index contributed by atoms with van der Waals surface area (Å²) in [6.45, 7) is 0. The maximum atomic E-state index is 12.1. The molecule has 0 spiro atoms. The summed E-state index contributed by atoms with van der Waals surface area (Å²) < 4.78 is 22.4. The molecule has 0 saturated carbocycles. The Kier molecular flexibility index (Phi) is 6.17. The number of anilines is 1. The first-order valence-electron chi connectivity index (χ1n) is 7.09. The molecule has 6 heteroatoms. The van der Waals surface area contributed by atoms with Gasteiger partial charge >= 0.3 is 0 Å². The summed E-state index contributed by atoms with van der Waals surface area (Å²) in [7, 11) is 1.91. The van der Waals surface area contributed by atoms with Gasteiger partial charge in [0.1, 0.15) is 0 Å². The summed E-state index contributed by atoms with van der Waals surface area (Å²) in [4.78, 5) is 12.7. The minimum atomic E-state index is -1.18. The molecule has 0 saturated heterocycles. The zero-order valence-corrected chi connectivity index (χ0v) is 13.9. The van der Waals surface area contributed by atoms with Gasteiger partial charge in [0.2, 0.25) is 5.91 Å². The Bertz CT molecular complexity index is 688. The maximum Gasteiger partial charge on any atom is 0.225 e. The SMILES string of the molecule is COc1ccc(NC(=O)CCS(=O)c2ccccc2)cc1OC. The molecule has 0 radical (unpaired) electrons. The molecular formula is C17H19NO4S. The van der Waals surface area contributed by atoms with E-state index in [1.54, 1.807) is 37.4 Å². The van der Waals surface area contributed by atoms with Crippen LogP contribution in [0, 0.1) is 0 Å². The molecule has 0 fully saturated rings. The quantitative estimate of drug-likeness (QED) is 0.846. The molecule has 2 aromatic rings. The average Bonchev–Trinajstić information content (AvgIpc) is 2.60. The van der Waals surface area contributed by atoms with E-state index in [2.05, 4.69) is 5.32 Å². The van der Waals surface area contributed by atoms with Gasteiger partial charge in [-0.25, -0.2) is 0 Å². The molecule has 5 nitrogen and oxygen atoms in total. The lowest BCUT2D eigenvalue weighted by Crippen LogP contribution is -2.15. The molecule has 1 atom stereocenters. The van der Waals surface area contributed by atoms with Crippen molar-refractivity contribution in [1.82, 2.24) is 0 Å². The van der Waals surface area contributed by atoms with Crippen molar-refractivity contribution in [2.45, 2.75) is 11.3 Å². The first-order chi connectivity index (χ1) is 11.1. The summed E-state index contributed by atoms with van der Waals surface area (Å²) in [6.07, 6.45) is 0.176. The first-order valence-corrected chi connectivity index (χ1v) is 8.41. The van der Waals surface area contributed by atoms with Gasteiger partial charge in [0.15, 0.2) is 11.5 Å². The fourth-order valence-electron chi connectivity index (χ4n) is 2.01. The number of benzene rings is 2. The standard InChI is InChI=1S/C17H19NO4S/c1-21-15-9-8-13(12-16(15)22-2)18-17(19)10-11-23(20)14-6-4-3-5-7-14/h3-9,12H,10-11H2,1-2H3,(H,18,19). The Balaban J connectivity index is 1.91. The number of rotatable bonds is 7. The van der Waals surface area contributed by atoms with Crippen molar-refractivity contribution in [3.63, 3.8) is 0 Å². The van der Waals surface area contributed by atoms with Crippen LogP contribution in [0.3, 0.4) is 0 Å². The number of carbonyl (C=O) groups excluding carboxylic acids is 1. The zero-order valence-electron chi connectivity index (χ0n) is 13.1. The van der Waals surface area contributed by atoms with E-state index in [1.807, 2.05) is 18.2 Å². The highest BCUT2D eigenvalue weighted by Gasteiger charge is 2.10. The van der Waals surface area contributed by atoms with E-state index in [-0.39, 0.29) is 18.1 Å². The zero-order chi connectivity index (χ0) is 16.7. The third-order valence-corrected chi connectivity index (χ3v) is 4.56.